The quantitative estimate of drug-likeness (QED) is 0.192. The van der Waals surface area contributed by atoms with Crippen LogP contribution >= 0.6 is 23.2 Å². The number of likely N-dealkylation sites (tertiary alicyclic amines) is 1. The van der Waals surface area contributed by atoms with Crippen molar-refractivity contribution in [3.05, 3.63) is 99.7 Å². The van der Waals surface area contributed by atoms with Gasteiger partial charge in [-0.05, 0) is 67.8 Å². The largest absolute Gasteiger partial charge is 0.487 e. The third-order valence-electron chi connectivity index (χ3n) is 8.07. The van der Waals surface area contributed by atoms with Crippen LogP contribution in [-0.4, -0.2) is 59.7 Å². The molecule has 1 aliphatic rings. The van der Waals surface area contributed by atoms with Gasteiger partial charge in [-0.2, -0.15) is 0 Å². The molecule has 5 rings (SSSR count). The number of para-hydroxylation sites is 1. The molecule has 0 unspecified atom stereocenters. The van der Waals surface area contributed by atoms with Crippen LogP contribution in [0.1, 0.15) is 36.6 Å². The molecule has 3 aromatic carbocycles. The zero-order valence-corrected chi connectivity index (χ0v) is 28.3. The predicted molar refractivity (Wildman–Crippen MR) is 188 cm³/mol. The number of anilines is 2. The number of hydrogen-bond acceptors (Lipinski definition) is 6. The smallest absolute Gasteiger partial charge is 0.247 e. The van der Waals surface area contributed by atoms with Crippen molar-refractivity contribution in [3.8, 4) is 5.75 Å². The minimum atomic E-state index is -0.470. The van der Waals surface area contributed by atoms with Crippen LogP contribution in [0.25, 0.3) is 17.0 Å². The lowest BCUT2D eigenvalue weighted by molar-refractivity contribution is -0.134. The molecule has 2 N–H and O–H groups in total. The maximum Gasteiger partial charge on any atom is 0.247 e. The minimum Gasteiger partial charge on any atom is -0.487 e. The number of ether oxygens (including phenoxy) is 1. The van der Waals surface area contributed by atoms with Crippen LogP contribution in [0.4, 0.5) is 11.4 Å². The van der Waals surface area contributed by atoms with E-state index in [1.165, 1.54) is 17.9 Å². The molecule has 0 spiro atoms. The standard InChI is InChI=1S/C36H35Cl2N5O5/c1-22-9-13-25-6-4-8-31(35(25)40-22)48-21-27-28(37)16-17-29(34(27)38)42(3)33(46)20-39-32(45)18-12-24-10-14-26(15-11-24)41-36(47)30-7-5-19-43(30)23(2)44/h4,6,8-18,30H,5,7,19-21H2,1-3H3,(H,39,45)(H,41,47)/b18-12+/t30-/m0/s1. The molecule has 0 bridgehead atoms. The van der Waals surface area contributed by atoms with Crippen LogP contribution in [0.2, 0.25) is 10.0 Å². The minimum absolute atomic E-state index is 0.0517. The number of pyridine rings is 1. The second kappa shape index (κ2) is 15.3. The Labute approximate surface area is 288 Å². The summed E-state index contributed by atoms with van der Waals surface area (Å²) in [5.41, 5.74) is 3.81. The number of benzene rings is 3. The van der Waals surface area contributed by atoms with Crippen molar-refractivity contribution in [2.75, 3.05) is 30.4 Å². The Bertz CT molecular complexity index is 1900. The van der Waals surface area contributed by atoms with E-state index in [9.17, 15) is 19.2 Å². The average molecular weight is 689 g/mol. The van der Waals surface area contributed by atoms with Gasteiger partial charge in [0.05, 0.1) is 17.3 Å². The lowest BCUT2D eigenvalue weighted by atomic mass is 10.1. The first-order chi connectivity index (χ1) is 23.0. The Morgan fingerprint density at radius 2 is 1.81 bits per heavy atom. The summed E-state index contributed by atoms with van der Waals surface area (Å²) >= 11 is 13.2. The van der Waals surface area contributed by atoms with Gasteiger partial charge in [0.1, 0.15) is 23.9 Å². The number of aryl methyl sites for hydroxylation is 1. The van der Waals surface area contributed by atoms with Crippen molar-refractivity contribution < 1.29 is 23.9 Å². The number of nitrogens with one attached hydrogen (secondary N) is 2. The van der Waals surface area contributed by atoms with Gasteiger partial charge in [0.15, 0.2) is 0 Å². The Morgan fingerprint density at radius 1 is 1.04 bits per heavy atom. The number of carbonyl (C=O) groups is 4. The van der Waals surface area contributed by atoms with Gasteiger partial charge in [-0.25, -0.2) is 4.98 Å². The first-order valence-electron chi connectivity index (χ1n) is 15.4. The number of amides is 4. The van der Waals surface area contributed by atoms with Crippen molar-refractivity contribution in [1.29, 1.82) is 0 Å². The average Bonchev–Trinajstić information content (AvgIpc) is 3.58. The molecule has 2 heterocycles. The monoisotopic (exact) mass is 687 g/mol. The van der Waals surface area contributed by atoms with Crippen LogP contribution in [-0.2, 0) is 25.8 Å². The van der Waals surface area contributed by atoms with E-state index in [0.717, 1.165) is 28.6 Å². The van der Waals surface area contributed by atoms with Crippen LogP contribution in [0.5, 0.6) is 5.75 Å². The SMILES string of the molecule is CC(=O)N1CCC[C@H]1C(=O)Nc1ccc(/C=C/C(=O)NCC(=O)N(C)c2ccc(Cl)c(COc3cccc4ccc(C)nc34)c2Cl)cc1. The van der Waals surface area contributed by atoms with E-state index >= 15 is 0 Å². The van der Waals surface area contributed by atoms with E-state index in [1.807, 2.05) is 37.3 Å². The molecule has 1 atom stereocenters. The summed E-state index contributed by atoms with van der Waals surface area (Å²) in [7, 11) is 1.56. The fraction of sp³-hybridized carbons (Fsp3) is 0.250. The lowest BCUT2D eigenvalue weighted by Gasteiger charge is -2.22. The Morgan fingerprint density at radius 3 is 2.56 bits per heavy atom. The summed E-state index contributed by atoms with van der Waals surface area (Å²) in [5.74, 6) is -0.618. The number of likely N-dealkylation sites (N-methyl/N-ethyl adjacent to an activating group) is 1. The molecule has 1 aliphatic heterocycles. The fourth-order valence-electron chi connectivity index (χ4n) is 5.43. The van der Waals surface area contributed by atoms with Crippen molar-refractivity contribution in [3.63, 3.8) is 0 Å². The van der Waals surface area contributed by atoms with E-state index in [2.05, 4.69) is 15.6 Å². The van der Waals surface area contributed by atoms with Gasteiger partial charge in [0, 0.05) is 53.9 Å². The molecule has 4 aromatic rings. The highest BCUT2D eigenvalue weighted by molar-refractivity contribution is 6.38. The zero-order valence-electron chi connectivity index (χ0n) is 26.8. The third kappa shape index (κ3) is 8.13. The second-order valence-corrected chi connectivity index (χ2v) is 12.2. The molecule has 1 fully saturated rings. The van der Waals surface area contributed by atoms with E-state index < -0.39 is 17.9 Å². The molecule has 1 aromatic heterocycles. The molecule has 1 saturated heterocycles. The van der Waals surface area contributed by atoms with Gasteiger partial charge in [-0.1, -0.05) is 53.5 Å². The summed E-state index contributed by atoms with van der Waals surface area (Å²) in [5, 5.41) is 7.02. The molecule has 48 heavy (non-hydrogen) atoms. The molecule has 248 valence electrons. The highest BCUT2D eigenvalue weighted by Gasteiger charge is 2.32. The highest BCUT2D eigenvalue weighted by atomic mass is 35.5. The lowest BCUT2D eigenvalue weighted by Crippen LogP contribution is -2.42. The summed E-state index contributed by atoms with van der Waals surface area (Å²) in [6.07, 6.45) is 4.34. The number of hydrogen-bond donors (Lipinski definition) is 2. The van der Waals surface area contributed by atoms with Crippen LogP contribution in [0.3, 0.4) is 0 Å². The number of carbonyl (C=O) groups excluding carboxylic acids is 4. The zero-order chi connectivity index (χ0) is 34.4. The van der Waals surface area contributed by atoms with Gasteiger partial charge in [0.25, 0.3) is 0 Å². The Hall–Kier alpha value is -4.93. The molecule has 0 aliphatic carbocycles. The van der Waals surface area contributed by atoms with Crippen molar-refractivity contribution >= 4 is 75.2 Å². The molecule has 0 saturated carbocycles. The Balaban J connectivity index is 1.14. The van der Waals surface area contributed by atoms with Gasteiger partial charge in [-0.15, -0.1) is 0 Å². The molecular formula is C36H35Cl2N5O5. The number of halogens is 2. The summed E-state index contributed by atoms with van der Waals surface area (Å²) in [4.78, 5) is 57.5. The topological polar surface area (TPSA) is 121 Å². The predicted octanol–water partition coefficient (Wildman–Crippen LogP) is 6.17. The maximum atomic E-state index is 13.0. The molecule has 4 amide bonds. The molecular weight excluding hydrogens is 653 g/mol. The third-order valence-corrected chi connectivity index (χ3v) is 8.85. The summed E-state index contributed by atoms with van der Waals surface area (Å²) in [6.45, 7) is 3.74. The maximum absolute atomic E-state index is 13.0. The van der Waals surface area contributed by atoms with Crippen LogP contribution < -0.4 is 20.3 Å². The van der Waals surface area contributed by atoms with E-state index in [0.29, 0.717) is 40.7 Å². The van der Waals surface area contributed by atoms with Gasteiger partial charge >= 0.3 is 0 Å². The normalized spacial score (nSPS) is 14.3. The van der Waals surface area contributed by atoms with E-state index in [-0.39, 0.29) is 30.0 Å². The molecule has 12 heteroatoms. The number of rotatable bonds is 10. The molecule has 0 radical (unpaired) electrons. The second-order valence-electron chi connectivity index (χ2n) is 11.4. The first-order valence-corrected chi connectivity index (χ1v) is 16.1. The van der Waals surface area contributed by atoms with Crippen LogP contribution in [0, 0.1) is 6.92 Å². The fourth-order valence-corrected chi connectivity index (χ4v) is 6.03. The van der Waals surface area contributed by atoms with Crippen molar-refractivity contribution in [1.82, 2.24) is 15.2 Å². The first kappa shape index (κ1) is 34.4. The van der Waals surface area contributed by atoms with Crippen molar-refractivity contribution in [2.45, 2.75) is 39.3 Å². The van der Waals surface area contributed by atoms with Gasteiger partial charge in [-0.3, -0.25) is 19.2 Å². The van der Waals surface area contributed by atoms with E-state index in [1.54, 1.807) is 54.4 Å². The number of nitrogens with zero attached hydrogens (tertiary/aromatic N) is 3. The van der Waals surface area contributed by atoms with Gasteiger partial charge in [0.2, 0.25) is 23.6 Å². The van der Waals surface area contributed by atoms with Crippen molar-refractivity contribution in [2.24, 2.45) is 0 Å². The number of fused-ring (bicyclic) bond motifs is 1. The molecule has 10 nitrogen and oxygen atoms in total. The van der Waals surface area contributed by atoms with E-state index in [4.69, 9.17) is 27.9 Å². The summed E-state index contributed by atoms with van der Waals surface area (Å²) < 4.78 is 6.08. The van der Waals surface area contributed by atoms with Crippen LogP contribution in [0.15, 0.2) is 72.8 Å². The number of aromatic nitrogens is 1. The van der Waals surface area contributed by atoms with Gasteiger partial charge < -0.3 is 25.2 Å². The highest BCUT2D eigenvalue weighted by Crippen LogP contribution is 2.35. The summed E-state index contributed by atoms with van der Waals surface area (Å²) in [6, 6.07) is 19.3. The Kier molecular flexibility index (Phi) is 11.0.